The topological polar surface area (TPSA) is 53.2 Å². The molecule has 20 heavy (non-hydrogen) atoms. The summed E-state index contributed by atoms with van der Waals surface area (Å²) in [5.74, 6) is 0.543. The lowest BCUT2D eigenvalue weighted by atomic mass is 10.1. The first-order valence-electron chi connectivity index (χ1n) is 7.15. The molecule has 1 aliphatic rings. The lowest BCUT2D eigenvalue weighted by Gasteiger charge is -2.15. The predicted molar refractivity (Wildman–Crippen MR) is 81.3 cm³/mol. The molecular weight excluding hydrogens is 272 g/mol. The van der Waals surface area contributed by atoms with Gasteiger partial charge in [-0.1, -0.05) is 25.1 Å². The van der Waals surface area contributed by atoms with Gasteiger partial charge in [-0.3, -0.25) is 0 Å². The van der Waals surface area contributed by atoms with Gasteiger partial charge in [0.2, 0.25) is 10.0 Å². The van der Waals surface area contributed by atoms with Crippen LogP contribution in [0.5, 0.6) is 0 Å². The Kier molecular flexibility index (Phi) is 3.56. The first kappa shape index (κ1) is 13.6. The summed E-state index contributed by atoms with van der Waals surface area (Å²) in [4.78, 5) is 3.42. The highest BCUT2D eigenvalue weighted by atomic mass is 32.2. The van der Waals surface area contributed by atoms with E-state index < -0.39 is 10.0 Å². The van der Waals surface area contributed by atoms with Crippen molar-refractivity contribution in [3.05, 3.63) is 36.0 Å². The van der Waals surface area contributed by atoms with E-state index in [9.17, 15) is 8.42 Å². The number of fused-ring (bicyclic) bond motifs is 1. The van der Waals surface area contributed by atoms with E-state index in [2.05, 4.69) is 23.2 Å². The van der Waals surface area contributed by atoms with E-state index in [0.29, 0.717) is 19.5 Å². The lowest BCUT2D eigenvalue weighted by molar-refractivity contribution is 0.471. The first-order chi connectivity index (χ1) is 9.60. The molecule has 4 nitrogen and oxygen atoms in total. The van der Waals surface area contributed by atoms with Crippen LogP contribution in [0.4, 0.5) is 0 Å². The molecule has 1 unspecified atom stereocenters. The summed E-state index contributed by atoms with van der Waals surface area (Å²) >= 11 is 0. The molecule has 1 aromatic carbocycles. The molecular formula is C15H20N2O2S. The zero-order chi connectivity index (χ0) is 14.2. The lowest BCUT2D eigenvalue weighted by Crippen LogP contribution is -2.30. The van der Waals surface area contributed by atoms with E-state index in [1.165, 1.54) is 5.39 Å². The molecule has 5 heteroatoms. The molecule has 2 aromatic rings. The van der Waals surface area contributed by atoms with E-state index in [1.807, 2.05) is 19.1 Å². The van der Waals surface area contributed by atoms with E-state index in [0.717, 1.165) is 17.6 Å². The van der Waals surface area contributed by atoms with Gasteiger partial charge in [0.1, 0.15) is 0 Å². The molecule has 0 bridgehead atoms. The number of para-hydroxylation sites is 1. The minimum atomic E-state index is -3.06. The highest BCUT2D eigenvalue weighted by Gasteiger charge is 2.32. The van der Waals surface area contributed by atoms with Crippen molar-refractivity contribution in [2.75, 3.05) is 18.8 Å². The highest BCUT2D eigenvalue weighted by molar-refractivity contribution is 7.89. The van der Waals surface area contributed by atoms with Crippen molar-refractivity contribution in [1.82, 2.24) is 9.29 Å². The summed E-state index contributed by atoms with van der Waals surface area (Å²) in [6.07, 6.45) is 1.58. The third-order valence-corrected chi connectivity index (χ3v) is 6.04. The summed E-state index contributed by atoms with van der Waals surface area (Å²) in [5.41, 5.74) is 2.28. The third-order valence-electron chi connectivity index (χ3n) is 4.00. The van der Waals surface area contributed by atoms with Crippen LogP contribution in [-0.2, 0) is 10.0 Å². The van der Waals surface area contributed by atoms with E-state index >= 15 is 0 Å². The molecule has 0 radical (unpaired) electrons. The van der Waals surface area contributed by atoms with Crippen molar-refractivity contribution in [3.63, 3.8) is 0 Å². The van der Waals surface area contributed by atoms with Crippen LogP contribution in [0.2, 0.25) is 0 Å². The third kappa shape index (κ3) is 2.47. The van der Waals surface area contributed by atoms with Gasteiger partial charge < -0.3 is 4.98 Å². The second-order valence-electron chi connectivity index (χ2n) is 5.47. The molecule has 1 aliphatic heterocycles. The van der Waals surface area contributed by atoms with Crippen molar-refractivity contribution in [2.45, 2.75) is 25.7 Å². The smallest absolute Gasteiger partial charge is 0.214 e. The number of nitrogens with zero attached hydrogens (tertiary/aromatic N) is 1. The Labute approximate surface area is 119 Å². The molecule has 0 saturated carbocycles. The normalized spacial score (nSPS) is 20.8. The van der Waals surface area contributed by atoms with Gasteiger partial charge in [0.15, 0.2) is 0 Å². The van der Waals surface area contributed by atoms with Crippen molar-refractivity contribution in [2.24, 2.45) is 0 Å². The molecule has 0 aliphatic carbocycles. The van der Waals surface area contributed by atoms with E-state index in [1.54, 1.807) is 4.31 Å². The van der Waals surface area contributed by atoms with Gasteiger partial charge in [-0.2, -0.15) is 0 Å². The van der Waals surface area contributed by atoms with E-state index in [4.69, 9.17) is 0 Å². The number of hydrogen-bond acceptors (Lipinski definition) is 2. The Hall–Kier alpha value is -1.33. The highest BCUT2D eigenvalue weighted by Crippen LogP contribution is 2.30. The van der Waals surface area contributed by atoms with Gasteiger partial charge in [0.25, 0.3) is 0 Å². The van der Waals surface area contributed by atoms with Crippen LogP contribution in [0.25, 0.3) is 10.9 Å². The van der Waals surface area contributed by atoms with Crippen LogP contribution >= 0.6 is 0 Å². The Morgan fingerprint density at radius 2 is 2.15 bits per heavy atom. The van der Waals surface area contributed by atoms with Gasteiger partial charge >= 0.3 is 0 Å². The number of nitrogens with one attached hydrogen (secondary N) is 1. The van der Waals surface area contributed by atoms with Gasteiger partial charge in [-0.05, 0) is 30.4 Å². The summed E-state index contributed by atoms with van der Waals surface area (Å²) in [6.45, 7) is 3.15. The summed E-state index contributed by atoms with van der Waals surface area (Å²) < 4.78 is 25.8. The van der Waals surface area contributed by atoms with Crippen LogP contribution in [0.1, 0.15) is 31.4 Å². The second kappa shape index (κ2) is 5.22. The second-order valence-corrected chi connectivity index (χ2v) is 7.56. The number of aromatic nitrogens is 1. The standard InChI is InChI=1S/C15H20N2O2S/c1-2-9-20(18,19)17-8-7-13(11-17)15-10-12-5-3-4-6-14(12)16-15/h3-6,10,13,16H,2,7-9,11H2,1H3. The minimum absolute atomic E-state index is 0.256. The van der Waals surface area contributed by atoms with Gasteiger partial charge in [0, 0.05) is 30.2 Å². The first-order valence-corrected chi connectivity index (χ1v) is 8.76. The number of benzene rings is 1. The zero-order valence-corrected chi connectivity index (χ0v) is 12.5. The Morgan fingerprint density at radius 3 is 2.90 bits per heavy atom. The maximum absolute atomic E-state index is 12.1. The van der Waals surface area contributed by atoms with Gasteiger partial charge in [0.05, 0.1) is 5.75 Å². The number of H-pyrrole nitrogens is 1. The molecule has 0 amide bonds. The number of sulfonamides is 1. The Morgan fingerprint density at radius 1 is 1.35 bits per heavy atom. The summed E-state index contributed by atoms with van der Waals surface area (Å²) in [5, 5.41) is 1.19. The number of hydrogen-bond donors (Lipinski definition) is 1. The average molecular weight is 292 g/mol. The molecule has 2 heterocycles. The minimum Gasteiger partial charge on any atom is -0.358 e. The van der Waals surface area contributed by atoms with Crippen LogP contribution in [-0.4, -0.2) is 36.5 Å². The zero-order valence-electron chi connectivity index (χ0n) is 11.7. The number of aromatic amines is 1. The molecule has 0 spiro atoms. The molecule has 1 aromatic heterocycles. The largest absolute Gasteiger partial charge is 0.358 e. The molecule has 1 saturated heterocycles. The van der Waals surface area contributed by atoms with Crippen molar-refractivity contribution in [3.8, 4) is 0 Å². The van der Waals surface area contributed by atoms with Crippen LogP contribution < -0.4 is 0 Å². The fourth-order valence-corrected chi connectivity index (χ4v) is 4.50. The average Bonchev–Trinajstić information content (AvgIpc) is 3.05. The van der Waals surface area contributed by atoms with Crippen LogP contribution in [0.3, 0.4) is 0 Å². The fourth-order valence-electron chi connectivity index (χ4n) is 2.94. The quantitative estimate of drug-likeness (QED) is 0.942. The molecule has 1 N–H and O–H groups in total. The number of rotatable bonds is 4. The fraction of sp³-hybridized carbons (Fsp3) is 0.467. The maximum atomic E-state index is 12.1. The molecule has 1 atom stereocenters. The SMILES string of the molecule is CCCS(=O)(=O)N1CCC(c2cc3ccccc3[nH]2)C1. The van der Waals surface area contributed by atoms with Gasteiger partial charge in [-0.15, -0.1) is 0 Å². The predicted octanol–water partition coefficient (Wildman–Crippen LogP) is 2.70. The van der Waals surface area contributed by atoms with Crippen LogP contribution in [0, 0.1) is 0 Å². The van der Waals surface area contributed by atoms with Crippen molar-refractivity contribution < 1.29 is 8.42 Å². The molecule has 3 rings (SSSR count). The van der Waals surface area contributed by atoms with Crippen molar-refractivity contribution in [1.29, 1.82) is 0 Å². The molecule has 1 fully saturated rings. The Balaban J connectivity index is 1.80. The molecule has 108 valence electrons. The summed E-state index contributed by atoms with van der Waals surface area (Å²) in [6, 6.07) is 10.3. The monoisotopic (exact) mass is 292 g/mol. The Bertz CT molecular complexity index is 672. The summed E-state index contributed by atoms with van der Waals surface area (Å²) in [7, 11) is -3.06. The van der Waals surface area contributed by atoms with Crippen LogP contribution in [0.15, 0.2) is 30.3 Å². The van der Waals surface area contributed by atoms with Gasteiger partial charge in [-0.25, -0.2) is 12.7 Å². The maximum Gasteiger partial charge on any atom is 0.214 e. The van der Waals surface area contributed by atoms with Crippen molar-refractivity contribution >= 4 is 20.9 Å². The van der Waals surface area contributed by atoms with E-state index in [-0.39, 0.29) is 11.7 Å².